The summed E-state index contributed by atoms with van der Waals surface area (Å²) in [6.45, 7) is 12.0. The zero-order valence-electron chi connectivity index (χ0n) is 38.0. The maximum Gasteiger partial charge on any atom is 0.333 e. The lowest BCUT2D eigenvalue weighted by Gasteiger charge is -2.46. The van der Waals surface area contributed by atoms with Gasteiger partial charge in [0.1, 0.15) is 11.2 Å². The fourth-order valence-electron chi connectivity index (χ4n) is 12.4. The Labute approximate surface area is 385 Å². The number of aromatic nitrogens is 1. The van der Waals surface area contributed by atoms with Crippen LogP contribution < -0.4 is 20.6 Å². The number of fused-ring (bicyclic) bond motifs is 14. The van der Waals surface area contributed by atoms with Gasteiger partial charge in [0.25, 0.3) is 0 Å². The molecule has 2 aliphatic heterocycles. The van der Waals surface area contributed by atoms with Crippen molar-refractivity contribution < 1.29 is 4.42 Å². The molecule has 0 unspecified atom stereocenters. The summed E-state index contributed by atoms with van der Waals surface area (Å²) in [5.41, 5.74) is 20.6. The first kappa shape index (κ1) is 37.8. The number of furan rings is 1. The molecule has 9 aromatic carbocycles. The minimum absolute atomic E-state index is 0.0226. The number of hydrogen-bond acceptors (Lipinski definition) is 3. The van der Waals surface area contributed by atoms with Gasteiger partial charge in [-0.25, -0.2) is 0 Å². The summed E-state index contributed by atoms with van der Waals surface area (Å²) in [4.78, 5) is 5.13. The van der Waals surface area contributed by atoms with Gasteiger partial charge in [-0.3, -0.25) is 0 Å². The molecule has 1 aliphatic carbocycles. The van der Waals surface area contributed by atoms with E-state index in [9.17, 15) is 0 Å². The van der Waals surface area contributed by atoms with Gasteiger partial charge in [0.2, 0.25) is 0 Å². The van der Waals surface area contributed by atoms with Crippen LogP contribution in [-0.2, 0) is 10.8 Å². The van der Waals surface area contributed by atoms with E-state index in [0.717, 1.165) is 45.4 Å². The molecular weight excluding hydrogens is 802 g/mol. The number of para-hydroxylation sites is 4. The summed E-state index contributed by atoms with van der Waals surface area (Å²) in [5.74, 6) is 0. The molecule has 0 saturated heterocycles. The van der Waals surface area contributed by atoms with E-state index in [-0.39, 0.29) is 17.7 Å². The van der Waals surface area contributed by atoms with Crippen molar-refractivity contribution in [3.63, 3.8) is 0 Å². The fraction of sp³-hybridized carbons (Fsp3) is 0.148. The van der Waals surface area contributed by atoms with E-state index in [2.05, 4.69) is 225 Å². The van der Waals surface area contributed by atoms with E-state index in [1.54, 1.807) is 0 Å². The molecular formula is C61H48BN3O. The molecule has 2 aromatic heterocycles. The van der Waals surface area contributed by atoms with Crippen molar-refractivity contribution in [2.45, 2.75) is 58.3 Å². The van der Waals surface area contributed by atoms with Gasteiger partial charge in [0.05, 0.1) is 11.0 Å². The SMILES string of the molecule is Cc1cc2c(cc1N1B3c4c(cc5c(oc6ccccc65)c4-c4ccc(N(c5ccccc5)c5ccccc5)cc41)-n1c4ccc5ccccc5c4c4cccc3c41)C(C)(C)CCC2(C)C. The molecule has 3 aliphatic rings. The number of rotatable bonds is 4. The molecule has 316 valence electrons. The Hall–Kier alpha value is -7.50. The molecule has 0 amide bonds. The molecule has 0 bridgehead atoms. The number of aryl methyl sites for hydroxylation is 1. The number of hydrogen-bond donors (Lipinski definition) is 0. The van der Waals surface area contributed by atoms with Gasteiger partial charge in [0.15, 0.2) is 0 Å². The van der Waals surface area contributed by atoms with Crippen molar-refractivity contribution in [2.75, 3.05) is 9.71 Å². The van der Waals surface area contributed by atoms with Gasteiger partial charge in [-0.1, -0.05) is 143 Å². The Balaban J connectivity index is 1.16. The van der Waals surface area contributed by atoms with Gasteiger partial charge in [0, 0.05) is 66.8 Å². The number of benzene rings is 9. The first-order chi connectivity index (χ1) is 32.2. The molecule has 14 rings (SSSR count). The normalized spacial score (nSPS) is 15.4. The Morgan fingerprint density at radius 1 is 0.545 bits per heavy atom. The van der Waals surface area contributed by atoms with E-state index < -0.39 is 0 Å². The van der Waals surface area contributed by atoms with Gasteiger partial charge >= 0.3 is 6.85 Å². The number of anilines is 5. The van der Waals surface area contributed by atoms with Crippen LogP contribution in [0.1, 0.15) is 57.2 Å². The summed E-state index contributed by atoms with van der Waals surface area (Å²) in [7, 11) is 0. The van der Waals surface area contributed by atoms with Crippen LogP contribution in [-0.4, -0.2) is 11.4 Å². The molecule has 5 heteroatoms. The average molecular weight is 850 g/mol. The topological polar surface area (TPSA) is 24.6 Å². The third-order valence-corrected chi connectivity index (χ3v) is 15.7. The van der Waals surface area contributed by atoms with Crippen molar-refractivity contribution in [1.29, 1.82) is 0 Å². The summed E-state index contributed by atoms with van der Waals surface area (Å²) < 4.78 is 9.73. The average Bonchev–Trinajstić information content (AvgIpc) is 3.89. The van der Waals surface area contributed by atoms with Crippen LogP contribution in [0.25, 0.3) is 71.3 Å². The highest BCUT2D eigenvalue weighted by Gasteiger charge is 2.47. The zero-order chi connectivity index (χ0) is 44.2. The molecule has 4 nitrogen and oxygen atoms in total. The van der Waals surface area contributed by atoms with Crippen molar-refractivity contribution in [3.05, 3.63) is 193 Å². The van der Waals surface area contributed by atoms with Crippen LogP contribution in [0.3, 0.4) is 0 Å². The smallest absolute Gasteiger partial charge is 0.333 e. The second kappa shape index (κ2) is 13.3. The Kier molecular flexibility index (Phi) is 7.62. The van der Waals surface area contributed by atoms with Crippen molar-refractivity contribution in [2.24, 2.45) is 0 Å². The van der Waals surface area contributed by atoms with Crippen molar-refractivity contribution >= 4 is 101 Å². The minimum atomic E-state index is -0.166. The first-order valence-corrected chi connectivity index (χ1v) is 23.6. The van der Waals surface area contributed by atoms with Gasteiger partial charge in [-0.15, -0.1) is 0 Å². The Bertz CT molecular complexity index is 3820. The molecule has 0 radical (unpaired) electrons. The molecule has 11 aromatic rings. The van der Waals surface area contributed by atoms with Crippen LogP contribution in [0.4, 0.5) is 28.4 Å². The monoisotopic (exact) mass is 849 g/mol. The highest BCUT2D eigenvalue weighted by molar-refractivity contribution is 6.94. The second-order valence-corrected chi connectivity index (χ2v) is 20.4. The predicted octanol–water partition coefficient (Wildman–Crippen LogP) is 15.2. The molecule has 0 saturated carbocycles. The standard InChI is InChI=1S/C61H48BN3O/c1-37-33-47-48(61(4,5)32-31-60(47,2)3)36-51(37)65-52-34-41(63(39-18-8-6-9-19-39)40-20-10-7-11-21-40)28-29-44(52)56-57-53(35-46-43-23-14-15-26-54(43)66-59(46)56)64-50-30-27-38-17-12-13-22-42(38)55(50)45-24-16-25-49(58(45)64)62(57)65/h6-30,33-36H,31-32H2,1-5H3. The lowest BCUT2D eigenvalue weighted by molar-refractivity contribution is 0.332. The largest absolute Gasteiger partial charge is 0.455 e. The Morgan fingerprint density at radius 2 is 1.21 bits per heavy atom. The third kappa shape index (κ3) is 5.06. The van der Waals surface area contributed by atoms with E-state index in [0.29, 0.717) is 0 Å². The molecule has 4 heterocycles. The quantitative estimate of drug-likeness (QED) is 0.165. The van der Waals surface area contributed by atoms with E-state index in [4.69, 9.17) is 4.42 Å². The van der Waals surface area contributed by atoms with Crippen molar-refractivity contribution in [1.82, 2.24) is 4.57 Å². The van der Waals surface area contributed by atoms with Gasteiger partial charge in [-0.2, -0.15) is 0 Å². The second-order valence-electron chi connectivity index (χ2n) is 20.4. The maximum atomic E-state index is 7.13. The van der Waals surface area contributed by atoms with Crippen LogP contribution in [0.15, 0.2) is 180 Å². The third-order valence-electron chi connectivity index (χ3n) is 15.7. The van der Waals surface area contributed by atoms with Crippen molar-refractivity contribution in [3.8, 4) is 16.8 Å². The maximum absolute atomic E-state index is 7.13. The summed E-state index contributed by atoms with van der Waals surface area (Å²) >= 11 is 0. The molecule has 0 spiro atoms. The fourth-order valence-corrected chi connectivity index (χ4v) is 12.4. The minimum Gasteiger partial charge on any atom is -0.455 e. The zero-order valence-corrected chi connectivity index (χ0v) is 38.0. The molecule has 66 heavy (non-hydrogen) atoms. The van der Waals surface area contributed by atoms with Crippen LogP contribution in [0.2, 0.25) is 0 Å². The highest BCUT2D eigenvalue weighted by Crippen LogP contribution is 2.53. The predicted molar refractivity (Wildman–Crippen MR) is 279 cm³/mol. The molecule has 0 N–H and O–H groups in total. The molecule has 0 atom stereocenters. The molecule has 0 fully saturated rings. The van der Waals surface area contributed by atoms with Crippen LogP contribution >= 0.6 is 0 Å². The summed E-state index contributed by atoms with van der Waals surface area (Å²) in [6, 6.07) is 65.5. The van der Waals surface area contributed by atoms with Crippen LogP contribution in [0, 0.1) is 6.92 Å². The first-order valence-electron chi connectivity index (χ1n) is 23.6. The lowest BCUT2D eigenvalue weighted by Crippen LogP contribution is -2.60. The van der Waals surface area contributed by atoms with Gasteiger partial charge < -0.3 is 18.7 Å². The van der Waals surface area contributed by atoms with E-state index in [1.807, 2.05) is 0 Å². The highest BCUT2D eigenvalue weighted by atomic mass is 16.3. The van der Waals surface area contributed by atoms with Crippen LogP contribution in [0.5, 0.6) is 0 Å². The summed E-state index contributed by atoms with van der Waals surface area (Å²) in [6.07, 6.45) is 2.32. The lowest BCUT2D eigenvalue weighted by atomic mass is 9.43. The summed E-state index contributed by atoms with van der Waals surface area (Å²) in [5, 5.41) is 7.40. The van der Waals surface area contributed by atoms with E-state index >= 15 is 0 Å². The van der Waals surface area contributed by atoms with Gasteiger partial charge in [-0.05, 0) is 130 Å². The Morgan fingerprint density at radius 3 is 1.97 bits per heavy atom. The van der Waals surface area contributed by atoms with E-state index in [1.165, 1.54) is 94.8 Å². The number of nitrogens with zero attached hydrogens (tertiary/aromatic N) is 3.